The molecule has 5 heteroatoms. The van der Waals surface area contributed by atoms with Crippen LogP contribution in [-0.2, 0) is 0 Å². The van der Waals surface area contributed by atoms with Gasteiger partial charge in [0.25, 0.3) is 0 Å². The lowest BCUT2D eigenvalue weighted by atomic mass is 9.99. The van der Waals surface area contributed by atoms with Crippen molar-refractivity contribution >= 4 is 39.1 Å². The van der Waals surface area contributed by atoms with Crippen molar-refractivity contribution < 1.29 is 4.42 Å². The standard InChI is InChI=1S/C19H17NO2S2.C2H6/c1-10-8-14(11(2)23-10)17-18(24-12(3)20-17)15-9-13-6-4-5-7-16(13)22-19(15)21;1-2/h4-9,17-18H,1-3H3;1-2H3. The number of hydrogen-bond donors (Lipinski definition) is 0. The highest BCUT2D eigenvalue weighted by Gasteiger charge is 2.35. The lowest BCUT2D eigenvalue weighted by Crippen LogP contribution is -2.13. The second-order valence-electron chi connectivity index (χ2n) is 6.03. The fourth-order valence-electron chi connectivity index (χ4n) is 3.23. The van der Waals surface area contributed by atoms with Crippen molar-refractivity contribution in [3.05, 3.63) is 67.7 Å². The zero-order valence-corrected chi connectivity index (χ0v) is 17.3. The van der Waals surface area contributed by atoms with Gasteiger partial charge in [-0.3, -0.25) is 4.99 Å². The Morgan fingerprint density at radius 3 is 2.46 bits per heavy atom. The van der Waals surface area contributed by atoms with Gasteiger partial charge in [0.2, 0.25) is 0 Å². The number of rotatable bonds is 2. The molecular formula is C21H23NO2S2. The Labute approximate surface area is 162 Å². The molecule has 2 atom stereocenters. The van der Waals surface area contributed by atoms with Gasteiger partial charge in [-0.1, -0.05) is 32.0 Å². The Hall–Kier alpha value is -1.85. The first-order valence-electron chi connectivity index (χ1n) is 8.83. The van der Waals surface area contributed by atoms with E-state index in [2.05, 4.69) is 19.9 Å². The lowest BCUT2D eigenvalue weighted by Gasteiger charge is -2.17. The van der Waals surface area contributed by atoms with Crippen molar-refractivity contribution in [3.63, 3.8) is 0 Å². The molecule has 0 fully saturated rings. The summed E-state index contributed by atoms with van der Waals surface area (Å²) in [5.74, 6) is 0. The summed E-state index contributed by atoms with van der Waals surface area (Å²) >= 11 is 3.44. The summed E-state index contributed by atoms with van der Waals surface area (Å²) in [4.78, 5) is 19.9. The monoisotopic (exact) mass is 385 g/mol. The number of nitrogens with zero attached hydrogens (tertiary/aromatic N) is 1. The van der Waals surface area contributed by atoms with Crippen LogP contribution < -0.4 is 5.63 Å². The third-order valence-electron chi connectivity index (χ3n) is 4.28. The SMILES string of the molecule is CC.CC1=NC(c2cc(C)sc2C)C(c2cc3ccccc3oc2=O)S1. The fourth-order valence-corrected chi connectivity index (χ4v) is 5.36. The minimum atomic E-state index is -0.259. The molecule has 3 nitrogen and oxygen atoms in total. The van der Waals surface area contributed by atoms with Crippen LogP contribution in [0.3, 0.4) is 0 Å². The first-order valence-corrected chi connectivity index (χ1v) is 10.5. The van der Waals surface area contributed by atoms with Crippen LogP contribution in [0.2, 0.25) is 0 Å². The van der Waals surface area contributed by atoms with Gasteiger partial charge >= 0.3 is 5.63 Å². The second kappa shape index (κ2) is 7.80. The summed E-state index contributed by atoms with van der Waals surface area (Å²) < 4.78 is 5.54. The number of benzene rings is 1. The molecule has 3 heterocycles. The number of aryl methyl sites for hydroxylation is 2. The van der Waals surface area contributed by atoms with Crippen LogP contribution in [0.1, 0.15) is 52.9 Å². The molecule has 1 aromatic carbocycles. The lowest BCUT2D eigenvalue weighted by molar-refractivity contribution is 0.542. The van der Waals surface area contributed by atoms with E-state index in [1.165, 1.54) is 15.3 Å². The molecule has 2 unspecified atom stereocenters. The molecule has 0 saturated carbocycles. The third-order valence-corrected chi connectivity index (χ3v) is 6.47. The number of thiophene rings is 1. The van der Waals surface area contributed by atoms with Crippen molar-refractivity contribution in [3.8, 4) is 0 Å². The molecule has 0 saturated heterocycles. The Bertz CT molecular complexity index is 1020. The van der Waals surface area contributed by atoms with E-state index in [9.17, 15) is 4.79 Å². The molecule has 0 aliphatic carbocycles. The molecule has 0 N–H and O–H groups in total. The number of hydrogen-bond acceptors (Lipinski definition) is 5. The average Bonchev–Trinajstić information content (AvgIpc) is 3.17. The quantitative estimate of drug-likeness (QED) is 0.476. The fraction of sp³-hybridized carbons (Fsp3) is 0.333. The van der Waals surface area contributed by atoms with E-state index in [-0.39, 0.29) is 16.9 Å². The van der Waals surface area contributed by atoms with Crippen LogP contribution in [0.15, 0.2) is 50.6 Å². The van der Waals surface area contributed by atoms with E-state index in [0.29, 0.717) is 11.1 Å². The maximum atomic E-state index is 12.6. The van der Waals surface area contributed by atoms with E-state index >= 15 is 0 Å². The van der Waals surface area contributed by atoms with E-state index in [4.69, 9.17) is 9.41 Å². The summed E-state index contributed by atoms with van der Waals surface area (Å²) in [5.41, 5.74) is 2.30. The van der Waals surface area contributed by atoms with Crippen molar-refractivity contribution in [2.24, 2.45) is 4.99 Å². The molecule has 26 heavy (non-hydrogen) atoms. The van der Waals surface area contributed by atoms with Crippen molar-refractivity contribution in [2.45, 2.75) is 45.9 Å². The van der Waals surface area contributed by atoms with Crippen LogP contribution in [0, 0.1) is 13.8 Å². The van der Waals surface area contributed by atoms with E-state index in [0.717, 1.165) is 10.4 Å². The predicted octanol–water partition coefficient (Wildman–Crippen LogP) is 6.45. The molecule has 0 spiro atoms. The Morgan fingerprint density at radius 1 is 1.04 bits per heavy atom. The van der Waals surface area contributed by atoms with Crippen LogP contribution >= 0.6 is 23.1 Å². The smallest absolute Gasteiger partial charge is 0.340 e. The van der Waals surface area contributed by atoms with E-state index in [1.807, 2.05) is 51.1 Å². The van der Waals surface area contributed by atoms with Crippen LogP contribution in [-0.4, -0.2) is 5.04 Å². The topological polar surface area (TPSA) is 42.6 Å². The first-order chi connectivity index (χ1) is 12.5. The Morgan fingerprint density at radius 2 is 1.77 bits per heavy atom. The van der Waals surface area contributed by atoms with E-state index < -0.39 is 0 Å². The van der Waals surface area contributed by atoms with Gasteiger partial charge in [0, 0.05) is 15.1 Å². The molecule has 1 aliphatic heterocycles. The number of para-hydroxylation sites is 1. The summed E-state index contributed by atoms with van der Waals surface area (Å²) in [6.45, 7) is 10.2. The highest BCUT2D eigenvalue weighted by Crippen LogP contribution is 2.49. The summed E-state index contributed by atoms with van der Waals surface area (Å²) in [6.07, 6.45) is 0. The molecule has 0 amide bonds. The van der Waals surface area contributed by atoms with Crippen molar-refractivity contribution in [1.82, 2.24) is 0 Å². The molecular weight excluding hydrogens is 362 g/mol. The van der Waals surface area contributed by atoms with Gasteiger partial charge in [0.1, 0.15) is 5.58 Å². The van der Waals surface area contributed by atoms with Gasteiger partial charge in [-0.2, -0.15) is 0 Å². The zero-order valence-electron chi connectivity index (χ0n) is 15.7. The molecule has 4 rings (SSSR count). The Balaban J connectivity index is 0.000000948. The maximum Gasteiger partial charge on any atom is 0.340 e. The van der Waals surface area contributed by atoms with Crippen molar-refractivity contribution in [2.75, 3.05) is 0 Å². The van der Waals surface area contributed by atoms with Gasteiger partial charge in [-0.05, 0) is 44.5 Å². The zero-order chi connectivity index (χ0) is 18.8. The molecule has 3 aromatic rings. The van der Waals surface area contributed by atoms with Crippen LogP contribution in [0.25, 0.3) is 11.0 Å². The minimum Gasteiger partial charge on any atom is -0.422 e. The summed E-state index contributed by atoms with van der Waals surface area (Å²) in [5, 5.41) is 1.94. The summed E-state index contributed by atoms with van der Waals surface area (Å²) in [7, 11) is 0. The average molecular weight is 386 g/mol. The van der Waals surface area contributed by atoms with Gasteiger partial charge < -0.3 is 4.42 Å². The van der Waals surface area contributed by atoms with E-state index in [1.54, 1.807) is 23.1 Å². The number of thioether (sulfide) groups is 1. The Kier molecular flexibility index (Phi) is 5.68. The van der Waals surface area contributed by atoms with Crippen LogP contribution in [0.5, 0.6) is 0 Å². The largest absolute Gasteiger partial charge is 0.422 e. The maximum absolute atomic E-state index is 12.6. The molecule has 1 aliphatic rings. The second-order valence-corrected chi connectivity index (χ2v) is 8.82. The number of fused-ring (bicyclic) bond motifs is 1. The normalized spacial score (nSPS) is 19.2. The highest BCUT2D eigenvalue weighted by atomic mass is 32.2. The number of aliphatic imine (C=N–C) groups is 1. The van der Waals surface area contributed by atoms with Gasteiger partial charge in [-0.25, -0.2) is 4.79 Å². The molecule has 2 aromatic heterocycles. The van der Waals surface area contributed by atoms with Gasteiger partial charge in [-0.15, -0.1) is 23.1 Å². The summed E-state index contributed by atoms with van der Waals surface area (Å²) in [6, 6.07) is 11.8. The van der Waals surface area contributed by atoms with Crippen LogP contribution in [0.4, 0.5) is 0 Å². The first kappa shape index (κ1) is 18.9. The molecule has 0 bridgehead atoms. The third kappa shape index (κ3) is 3.51. The van der Waals surface area contributed by atoms with Gasteiger partial charge in [0.05, 0.1) is 21.9 Å². The minimum absolute atomic E-state index is 0.0241. The van der Waals surface area contributed by atoms with Crippen molar-refractivity contribution in [1.29, 1.82) is 0 Å². The molecule has 136 valence electrons. The predicted molar refractivity (Wildman–Crippen MR) is 114 cm³/mol. The van der Waals surface area contributed by atoms with Gasteiger partial charge in [0.15, 0.2) is 0 Å². The highest BCUT2D eigenvalue weighted by molar-refractivity contribution is 8.14. The molecule has 0 radical (unpaired) electrons.